The van der Waals surface area contributed by atoms with Crippen LogP contribution in [-0.4, -0.2) is 22.6 Å². The molecule has 0 unspecified atom stereocenters. The molecule has 0 bridgehead atoms. The van der Waals surface area contributed by atoms with E-state index in [1.807, 2.05) is 20.8 Å². The van der Waals surface area contributed by atoms with Gasteiger partial charge in [0.1, 0.15) is 5.60 Å². The van der Waals surface area contributed by atoms with Crippen LogP contribution in [0, 0.1) is 0 Å². The second-order valence-corrected chi connectivity index (χ2v) is 3.34. The molecule has 0 amide bonds. The van der Waals surface area contributed by atoms with Crippen LogP contribution >= 0.6 is 0 Å². The molecule has 0 fully saturated rings. The van der Waals surface area contributed by atoms with Crippen molar-refractivity contribution < 1.29 is 19.4 Å². The number of rotatable bonds is 6. The Balaban J connectivity index is 4.42. The zero-order valence-electron chi connectivity index (χ0n) is 9.45. The van der Waals surface area contributed by atoms with E-state index in [0.29, 0.717) is 0 Å². The molecule has 0 spiro atoms. The van der Waals surface area contributed by atoms with Crippen molar-refractivity contribution in [3.05, 3.63) is 12.2 Å². The molecule has 0 aliphatic heterocycles. The van der Waals surface area contributed by atoms with E-state index in [4.69, 9.17) is 9.84 Å². The number of aliphatic carboxylic acids is 1. The monoisotopic (exact) mass is 214 g/mol. The summed E-state index contributed by atoms with van der Waals surface area (Å²) in [6.07, 6.45) is 3.91. The van der Waals surface area contributed by atoms with Crippen LogP contribution in [0.2, 0.25) is 0 Å². The Morgan fingerprint density at radius 3 is 1.93 bits per heavy atom. The molecule has 0 aliphatic rings. The van der Waals surface area contributed by atoms with Crippen molar-refractivity contribution in [1.82, 2.24) is 0 Å². The SMILES string of the molecule is CCC(CC)(CC)OC(=O)C=CC(=O)O. The van der Waals surface area contributed by atoms with Gasteiger partial charge in [0.15, 0.2) is 0 Å². The minimum absolute atomic E-state index is 0.458. The van der Waals surface area contributed by atoms with Crippen molar-refractivity contribution >= 4 is 11.9 Å². The summed E-state index contributed by atoms with van der Waals surface area (Å²) < 4.78 is 5.25. The first-order valence-electron chi connectivity index (χ1n) is 5.13. The Morgan fingerprint density at radius 1 is 1.13 bits per heavy atom. The van der Waals surface area contributed by atoms with Crippen molar-refractivity contribution in [2.75, 3.05) is 0 Å². The molecule has 4 nitrogen and oxygen atoms in total. The maximum Gasteiger partial charge on any atom is 0.331 e. The maximum atomic E-state index is 11.3. The van der Waals surface area contributed by atoms with E-state index in [-0.39, 0.29) is 0 Å². The topological polar surface area (TPSA) is 63.6 Å². The molecule has 1 N–H and O–H groups in total. The Bertz CT molecular complexity index is 243. The van der Waals surface area contributed by atoms with Gasteiger partial charge in [-0.25, -0.2) is 9.59 Å². The van der Waals surface area contributed by atoms with Gasteiger partial charge in [0.2, 0.25) is 0 Å². The van der Waals surface area contributed by atoms with Crippen molar-refractivity contribution in [3.8, 4) is 0 Å². The quantitative estimate of drug-likeness (QED) is 0.543. The number of hydrogen-bond donors (Lipinski definition) is 1. The number of hydrogen-bond acceptors (Lipinski definition) is 3. The van der Waals surface area contributed by atoms with Gasteiger partial charge in [0.05, 0.1) is 0 Å². The molecule has 0 saturated carbocycles. The van der Waals surface area contributed by atoms with Gasteiger partial charge in [-0.1, -0.05) is 20.8 Å². The summed E-state index contributed by atoms with van der Waals surface area (Å²) in [5.41, 5.74) is -0.458. The smallest absolute Gasteiger partial charge is 0.331 e. The molecule has 0 aliphatic carbocycles. The van der Waals surface area contributed by atoms with Gasteiger partial charge < -0.3 is 9.84 Å². The van der Waals surface area contributed by atoms with Crippen molar-refractivity contribution in [1.29, 1.82) is 0 Å². The molecular formula is C11H18O4. The molecule has 0 aromatic heterocycles. The van der Waals surface area contributed by atoms with Gasteiger partial charge in [-0.2, -0.15) is 0 Å². The van der Waals surface area contributed by atoms with Crippen molar-refractivity contribution in [2.24, 2.45) is 0 Å². The van der Waals surface area contributed by atoms with Crippen LogP contribution in [0.5, 0.6) is 0 Å². The normalized spacial score (nSPS) is 11.7. The minimum Gasteiger partial charge on any atom is -0.478 e. The van der Waals surface area contributed by atoms with E-state index in [9.17, 15) is 9.59 Å². The average molecular weight is 214 g/mol. The van der Waals surface area contributed by atoms with Gasteiger partial charge in [-0.3, -0.25) is 0 Å². The summed E-state index contributed by atoms with van der Waals surface area (Å²) in [7, 11) is 0. The van der Waals surface area contributed by atoms with E-state index in [1.165, 1.54) is 0 Å². The summed E-state index contributed by atoms with van der Waals surface area (Å²) in [6.45, 7) is 5.84. The highest BCUT2D eigenvalue weighted by molar-refractivity contribution is 5.90. The van der Waals surface area contributed by atoms with Crippen LogP contribution in [-0.2, 0) is 14.3 Å². The first-order valence-corrected chi connectivity index (χ1v) is 5.13. The second kappa shape index (κ2) is 6.22. The summed E-state index contributed by atoms with van der Waals surface area (Å²) in [6, 6.07) is 0. The predicted octanol–water partition coefficient (Wildman–Crippen LogP) is 2.14. The summed E-state index contributed by atoms with van der Waals surface area (Å²) in [5.74, 6) is -1.75. The summed E-state index contributed by atoms with van der Waals surface area (Å²) in [5, 5.41) is 8.34. The Labute approximate surface area is 89.9 Å². The molecule has 0 saturated heterocycles. The average Bonchev–Trinajstić information content (AvgIpc) is 2.23. The van der Waals surface area contributed by atoms with E-state index >= 15 is 0 Å². The number of carbonyl (C=O) groups is 2. The fourth-order valence-electron chi connectivity index (χ4n) is 1.35. The number of ether oxygens (including phenoxy) is 1. The van der Waals surface area contributed by atoms with Gasteiger partial charge in [-0.05, 0) is 19.3 Å². The van der Waals surface area contributed by atoms with Crippen LogP contribution < -0.4 is 0 Å². The number of carboxylic acids is 1. The highest BCUT2D eigenvalue weighted by Gasteiger charge is 2.27. The summed E-state index contributed by atoms with van der Waals surface area (Å²) in [4.78, 5) is 21.5. The number of esters is 1. The van der Waals surface area contributed by atoms with E-state index < -0.39 is 17.5 Å². The van der Waals surface area contributed by atoms with Crippen LogP contribution in [0.15, 0.2) is 12.2 Å². The lowest BCUT2D eigenvalue weighted by atomic mass is 9.94. The lowest BCUT2D eigenvalue weighted by Crippen LogP contribution is -2.32. The van der Waals surface area contributed by atoms with Crippen LogP contribution in [0.3, 0.4) is 0 Å². The van der Waals surface area contributed by atoms with Gasteiger partial charge in [0.25, 0.3) is 0 Å². The van der Waals surface area contributed by atoms with Crippen LogP contribution in [0.4, 0.5) is 0 Å². The third-order valence-electron chi connectivity index (χ3n) is 2.61. The predicted molar refractivity (Wildman–Crippen MR) is 56.5 cm³/mol. The number of carbonyl (C=O) groups excluding carboxylic acids is 1. The molecule has 4 heteroatoms. The Morgan fingerprint density at radius 2 is 1.60 bits per heavy atom. The molecule has 0 aromatic rings. The van der Waals surface area contributed by atoms with E-state index in [1.54, 1.807) is 0 Å². The van der Waals surface area contributed by atoms with Crippen molar-refractivity contribution in [2.45, 2.75) is 45.6 Å². The first-order chi connectivity index (χ1) is 6.99. The molecule has 15 heavy (non-hydrogen) atoms. The highest BCUT2D eigenvalue weighted by atomic mass is 16.6. The Kier molecular flexibility index (Phi) is 5.67. The highest BCUT2D eigenvalue weighted by Crippen LogP contribution is 2.24. The Hall–Kier alpha value is -1.32. The zero-order chi connectivity index (χ0) is 11.9. The molecule has 0 heterocycles. The fraction of sp³-hybridized carbons (Fsp3) is 0.636. The lowest BCUT2D eigenvalue weighted by Gasteiger charge is -2.29. The fourth-order valence-corrected chi connectivity index (χ4v) is 1.35. The van der Waals surface area contributed by atoms with E-state index in [0.717, 1.165) is 31.4 Å². The van der Waals surface area contributed by atoms with E-state index in [2.05, 4.69) is 0 Å². The molecular weight excluding hydrogens is 196 g/mol. The van der Waals surface area contributed by atoms with Crippen LogP contribution in [0.25, 0.3) is 0 Å². The maximum absolute atomic E-state index is 11.3. The third-order valence-corrected chi connectivity index (χ3v) is 2.61. The number of carboxylic acid groups (broad SMARTS) is 1. The molecule has 86 valence electrons. The van der Waals surface area contributed by atoms with Crippen molar-refractivity contribution in [3.63, 3.8) is 0 Å². The van der Waals surface area contributed by atoms with Gasteiger partial charge in [0, 0.05) is 12.2 Å². The summed E-state index contributed by atoms with van der Waals surface area (Å²) >= 11 is 0. The second-order valence-electron chi connectivity index (χ2n) is 3.34. The van der Waals surface area contributed by atoms with Crippen LogP contribution in [0.1, 0.15) is 40.0 Å². The zero-order valence-corrected chi connectivity index (χ0v) is 9.45. The van der Waals surface area contributed by atoms with Gasteiger partial charge in [-0.15, -0.1) is 0 Å². The lowest BCUT2D eigenvalue weighted by molar-refractivity contribution is -0.155. The van der Waals surface area contributed by atoms with Gasteiger partial charge >= 0.3 is 11.9 Å². The standard InChI is InChI=1S/C11H18O4/c1-4-11(5-2,6-3)15-10(14)8-7-9(12)13/h7-8H,4-6H2,1-3H3,(H,12,13). The molecule has 0 aromatic carbocycles. The minimum atomic E-state index is -1.15. The largest absolute Gasteiger partial charge is 0.478 e. The third kappa shape index (κ3) is 4.63. The molecule has 0 atom stereocenters. The molecule has 0 rings (SSSR count). The molecule has 0 radical (unpaired) electrons. The first kappa shape index (κ1) is 13.7.